The average Bonchev–Trinajstić information content (AvgIpc) is 2.93. The standard InChI is InChI=1S/C21H31N3O2/c25-20(22-18-10-6-1-2-7-11-18)21(26)23-19-12-14-24(15-13-19)16-17-8-4-3-5-9-17/h3-5,8-9,18-19H,1-2,6-7,10-16H2,(H,22,25)(H,23,26). The molecule has 1 aromatic rings. The SMILES string of the molecule is O=C(NC1CCCCCC1)C(=O)NC1CCN(Cc2ccccc2)CC1. The van der Waals surface area contributed by atoms with Crippen LogP contribution in [0.1, 0.15) is 56.9 Å². The van der Waals surface area contributed by atoms with Crippen LogP contribution in [0, 0.1) is 0 Å². The van der Waals surface area contributed by atoms with E-state index in [0.29, 0.717) is 0 Å². The molecule has 0 spiro atoms. The van der Waals surface area contributed by atoms with E-state index < -0.39 is 11.8 Å². The number of benzene rings is 1. The van der Waals surface area contributed by atoms with Gasteiger partial charge in [-0.1, -0.05) is 56.0 Å². The molecule has 1 heterocycles. The van der Waals surface area contributed by atoms with Gasteiger partial charge in [-0.05, 0) is 31.2 Å². The minimum absolute atomic E-state index is 0.106. The molecule has 2 amide bonds. The summed E-state index contributed by atoms with van der Waals surface area (Å²) < 4.78 is 0. The predicted octanol–water partition coefficient (Wildman–Crippen LogP) is 2.61. The molecule has 0 aromatic heterocycles. The van der Waals surface area contributed by atoms with Crippen molar-refractivity contribution in [1.82, 2.24) is 15.5 Å². The molecule has 1 aromatic carbocycles. The summed E-state index contributed by atoms with van der Waals surface area (Å²) >= 11 is 0. The number of hydrogen-bond donors (Lipinski definition) is 2. The first-order valence-corrected chi connectivity index (χ1v) is 10.1. The Balaban J connectivity index is 1.38. The number of rotatable bonds is 4. The van der Waals surface area contributed by atoms with Crippen LogP contribution in [0.3, 0.4) is 0 Å². The number of nitrogens with one attached hydrogen (secondary N) is 2. The first-order chi connectivity index (χ1) is 12.7. The maximum Gasteiger partial charge on any atom is 0.309 e. The molecule has 0 bridgehead atoms. The Kier molecular flexibility index (Phi) is 7.06. The normalized spacial score (nSPS) is 20.3. The number of nitrogens with zero attached hydrogens (tertiary/aromatic N) is 1. The van der Waals surface area contributed by atoms with E-state index in [0.717, 1.165) is 58.2 Å². The molecule has 5 heteroatoms. The van der Waals surface area contributed by atoms with E-state index >= 15 is 0 Å². The second-order valence-corrected chi connectivity index (χ2v) is 7.67. The molecule has 2 aliphatic rings. The minimum atomic E-state index is -0.462. The maximum atomic E-state index is 12.2. The van der Waals surface area contributed by atoms with Crippen molar-refractivity contribution in [3.8, 4) is 0 Å². The largest absolute Gasteiger partial charge is 0.345 e. The van der Waals surface area contributed by atoms with Crippen molar-refractivity contribution in [2.45, 2.75) is 70.0 Å². The van der Waals surface area contributed by atoms with Crippen LogP contribution in [0.4, 0.5) is 0 Å². The van der Waals surface area contributed by atoms with Gasteiger partial charge >= 0.3 is 11.8 Å². The van der Waals surface area contributed by atoms with E-state index in [-0.39, 0.29) is 12.1 Å². The number of carbonyl (C=O) groups is 2. The monoisotopic (exact) mass is 357 g/mol. The molecule has 1 saturated heterocycles. The fraction of sp³-hybridized carbons (Fsp3) is 0.619. The van der Waals surface area contributed by atoms with Crippen molar-refractivity contribution in [3.05, 3.63) is 35.9 Å². The quantitative estimate of drug-likeness (QED) is 0.643. The van der Waals surface area contributed by atoms with Crippen molar-refractivity contribution in [2.24, 2.45) is 0 Å². The van der Waals surface area contributed by atoms with Crippen molar-refractivity contribution < 1.29 is 9.59 Å². The molecule has 1 aliphatic carbocycles. The maximum absolute atomic E-state index is 12.2. The van der Waals surface area contributed by atoms with Crippen LogP contribution in [0.5, 0.6) is 0 Å². The molecule has 142 valence electrons. The van der Waals surface area contributed by atoms with Gasteiger partial charge in [-0.3, -0.25) is 14.5 Å². The molecule has 0 atom stereocenters. The zero-order valence-corrected chi connectivity index (χ0v) is 15.6. The Labute approximate surface area is 156 Å². The summed E-state index contributed by atoms with van der Waals surface area (Å²) in [5.74, 6) is -0.917. The van der Waals surface area contributed by atoms with E-state index in [1.807, 2.05) is 6.07 Å². The number of piperidine rings is 1. The summed E-state index contributed by atoms with van der Waals surface area (Å²) in [4.78, 5) is 26.8. The van der Waals surface area contributed by atoms with E-state index in [9.17, 15) is 9.59 Å². The lowest BCUT2D eigenvalue weighted by molar-refractivity contribution is -0.140. The fourth-order valence-corrected chi connectivity index (χ4v) is 4.00. The Morgan fingerprint density at radius 1 is 0.808 bits per heavy atom. The predicted molar refractivity (Wildman–Crippen MR) is 103 cm³/mol. The lowest BCUT2D eigenvalue weighted by Crippen LogP contribution is -2.50. The van der Waals surface area contributed by atoms with Gasteiger partial charge in [0, 0.05) is 31.7 Å². The first-order valence-electron chi connectivity index (χ1n) is 10.1. The topological polar surface area (TPSA) is 61.4 Å². The fourth-order valence-electron chi connectivity index (χ4n) is 4.00. The van der Waals surface area contributed by atoms with Crippen LogP contribution >= 0.6 is 0 Å². The molecule has 0 unspecified atom stereocenters. The summed E-state index contributed by atoms with van der Waals surface area (Å²) in [6.07, 6.45) is 8.55. The summed E-state index contributed by atoms with van der Waals surface area (Å²) in [5.41, 5.74) is 1.32. The Morgan fingerprint density at radius 3 is 1.92 bits per heavy atom. The molecule has 0 radical (unpaired) electrons. The third-order valence-electron chi connectivity index (χ3n) is 5.57. The van der Waals surface area contributed by atoms with Crippen molar-refractivity contribution >= 4 is 11.8 Å². The average molecular weight is 357 g/mol. The van der Waals surface area contributed by atoms with E-state index in [2.05, 4.69) is 39.8 Å². The van der Waals surface area contributed by atoms with Gasteiger partial charge in [0.05, 0.1) is 0 Å². The van der Waals surface area contributed by atoms with E-state index in [1.165, 1.54) is 18.4 Å². The Morgan fingerprint density at radius 2 is 1.35 bits per heavy atom. The van der Waals surface area contributed by atoms with Gasteiger partial charge in [-0.25, -0.2) is 0 Å². The summed E-state index contributed by atoms with van der Waals surface area (Å²) in [6, 6.07) is 10.7. The third kappa shape index (κ3) is 5.84. The molecule has 1 saturated carbocycles. The third-order valence-corrected chi connectivity index (χ3v) is 5.57. The van der Waals surface area contributed by atoms with Crippen LogP contribution in [-0.4, -0.2) is 41.9 Å². The lowest BCUT2D eigenvalue weighted by Gasteiger charge is -2.32. The lowest BCUT2D eigenvalue weighted by atomic mass is 10.0. The molecular weight excluding hydrogens is 326 g/mol. The zero-order chi connectivity index (χ0) is 18.2. The van der Waals surface area contributed by atoms with Gasteiger partial charge in [0.1, 0.15) is 0 Å². The van der Waals surface area contributed by atoms with Gasteiger partial charge < -0.3 is 10.6 Å². The zero-order valence-electron chi connectivity index (χ0n) is 15.6. The van der Waals surface area contributed by atoms with E-state index in [4.69, 9.17) is 0 Å². The van der Waals surface area contributed by atoms with Gasteiger partial charge in [-0.2, -0.15) is 0 Å². The summed E-state index contributed by atoms with van der Waals surface area (Å²) in [5, 5.41) is 5.86. The summed E-state index contributed by atoms with van der Waals surface area (Å²) in [7, 11) is 0. The van der Waals surface area contributed by atoms with Crippen molar-refractivity contribution in [3.63, 3.8) is 0 Å². The molecule has 1 aliphatic heterocycles. The second-order valence-electron chi connectivity index (χ2n) is 7.67. The Hall–Kier alpha value is -1.88. The first kappa shape index (κ1) is 18.9. The second kappa shape index (κ2) is 9.72. The number of amides is 2. The van der Waals surface area contributed by atoms with E-state index in [1.54, 1.807) is 0 Å². The highest BCUT2D eigenvalue weighted by atomic mass is 16.2. The van der Waals surface area contributed by atoms with Crippen LogP contribution in [0.2, 0.25) is 0 Å². The smallest absolute Gasteiger partial charge is 0.309 e. The molecule has 3 rings (SSSR count). The number of likely N-dealkylation sites (tertiary alicyclic amines) is 1. The van der Waals surface area contributed by atoms with Gasteiger partial charge in [0.2, 0.25) is 0 Å². The van der Waals surface area contributed by atoms with Gasteiger partial charge in [0.25, 0.3) is 0 Å². The highest BCUT2D eigenvalue weighted by Crippen LogP contribution is 2.17. The van der Waals surface area contributed by atoms with Crippen molar-refractivity contribution in [1.29, 1.82) is 0 Å². The van der Waals surface area contributed by atoms with Crippen LogP contribution < -0.4 is 10.6 Å². The number of carbonyl (C=O) groups excluding carboxylic acids is 2. The molecule has 5 nitrogen and oxygen atoms in total. The van der Waals surface area contributed by atoms with Gasteiger partial charge in [-0.15, -0.1) is 0 Å². The Bertz CT molecular complexity index is 574. The van der Waals surface area contributed by atoms with Crippen LogP contribution in [-0.2, 0) is 16.1 Å². The highest BCUT2D eigenvalue weighted by Gasteiger charge is 2.25. The molecule has 26 heavy (non-hydrogen) atoms. The van der Waals surface area contributed by atoms with Crippen LogP contribution in [0.25, 0.3) is 0 Å². The highest BCUT2D eigenvalue weighted by molar-refractivity contribution is 6.35. The number of hydrogen-bond acceptors (Lipinski definition) is 3. The van der Waals surface area contributed by atoms with Gasteiger partial charge in [0.15, 0.2) is 0 Å². The van der Waals surface area contributed by atoms with Crippen LogP contribution in [0.15, 0.2) is 30.3 Å². The minimum Gasteiger partial charge on any atom is -0.345 e. The summed E-state index contributed by atoms with van der Waals surface area (Å²) in [6.45, 7) is 2.85. The van der Waals surface area contributed by atoms with Crippen molar-refractivity contribution in [2.75, 3.05) is 13.1 Å². The molecule has 2 fully saturated rings. The molecule has 2 N–H and O–H groups in total. The molecular formula is C21H31N3O2.